The van der Waals surface area contributed by atoms with E-state index in [2.05, 4.69) is 12.1 Å². The lowest BCUT2D eigenvalue weighted by Crippen LogP contribution is -2.17. The number of nitrogens with two attached hydrogens (primary N) is 1. The summed E-state index contributed by atoms with van der Waals surface area (Å²) < 4.78 is 1.64. The first-order valence-corrected chi connectivity index (χ1v) is 6.34. The lowest BCUT2D eigenvalue weighted by atomic mass is 9.91. The molecule has 0 spiro atoms. The Kier molecular flexibility index (Phi) is 2.67. The molecule has 0 fully saturated rings. The third-order valence-electron chi connectivity index (χ3n) is 3.55. The van der Waals surface area contributed by atoms with E-state index in [1.54, 1.807) is 16.8 Å². The fourth-order valence-electron chi connectivity index (χ4n) is 2.58. The van der Waals surface area contributed by atoms with E-state index >= 15 is 0 Å². The van der Waals surface area contributed by atoms with Crippen LogP contribution in [-0.2, 0) is 12.8 Å². The molecule has 92 valence electrons. The maximum Gasteiger partial charge on any atom is 0.257 e. The number of nitrogen functional groups attached to an aromatic ring is 1. The molecule has 3 rings (SSSR count). The van der Waals surface area contributed by atoms with Crippen molar-refractivity contribution in [1.29, 1.82) is 0 Å². The predicted octanol–water partition coefficient (Wildman–Crippen LogP) is 2.30. The number of hydrogen-bond donors (Lipinski definition) is 1. The van der Waals surface area contributed by atoms with Crippen molar-refractivity contribution in [3.63, 3.8) is 0 Å². The zero-order valence-electron chi connectivity index (χ0n) is 10.2. The largest absolute Gasteiger partial charge is 0.399 e. The van der Waals surface area contributed by atoms with Crippen molar-refractivity contribution in [2.24, 2.45) is 0 Å². The van der Waals surface area contributed by atoms with Gasteiger partial charge in [0.2, 0.25) is 0 Å². The van der Waals surface area contributed by atoms with E-state index in [0.29, 0.717) is 5.69 Å². The number of fused-ring (bicyclic) bond motifs is 1. The minimum absolute atomic E-state index is 0.0780. The summed E-state index contributed by atoms with van der Waals surface area (Å²) in [5.74, 6) is 0. The van der Waals surface area contributed by atoms with E-state index in [9.17, 15) is 4.79 Å². The predicted molar refractivity (Wildman–Crippen MR) is 73.1 cm³/mol. The number of hydrogen-bond acceptors (Lipinski definition) is 2. The zero-order valence-corrected chi connectivity index (χ0v) is 10.2. The molecule has 0 amide bonds. The van der Waals surface area contributed by atoms with Crippen LogP contribution in [0.1, 0.15) is 24.0 Å². The Balaban J connectivity index is 2.09. The Bertz CT molecular complexity index is 643. The monoisotopic (exact) mass is 240 g/mol. The second-order valence-corrected chi connectivity index (χ2v) is 4.83. The summed E-state index contributed by atoms with van der Waals surface area (Å²) in [5, 5.41) is 0. The second kappa shape index (κ2) is 4.33. The Labute approximate surface area is 106 Å². The quantitative estimate of drug-likeness (QED) is 0.831. The molecule has 0 saturated heterocycles. The summed E-state index contributed by atoms with van der Waals surface area (Å²) in [4.78, 5) is 11.9. The summed E-state index contributed by atoms with van der Waals surface area (Å²) in [6, 6.07) is 9.50. The van der Waals surface area contributed by atoms with Crippen LogP contribution in [0.15, 0.2) is 41.3 Å². The molecule has 0 radical (unpaired) electrons. The summed E-state index contributed by atoms with van der Waals surface area (Å²) in [5.41, 5.74) is 9.77. The van der Waals surface area contributed by atoms with E-state index in [1.165, 1.54) is 30.0 Å². The van der Waals surface area contributed by atoms with E-state index in [0.717, 1.165) is 18.5 Å². The number of pyridine rings is 1. The first-order chi connectivity index (χ1) is 8.74. The summed E-state index contributed by atoms with van der Waals surface area (Å²) >= 11 is 0. The van der Waals surface area contributed by atoms with Gasteiger partial charge in [-0.05, 0) is 55.0 Å². The molecule has 0 aliphatic heterocycles. The van der Waals surface area contributed by atoms with Crippen molar-refractivity contribution in [1.82, 2.24) is 4.57 Å². The summed E-state index contributed by atoms with van der Waals surface area (Å²) in [7, 11) is 0. The number of aryl methyl sites for hydroxylation is 2. The molecule has 1 aliphatic carbocycles. The van der Waals surface area contributed by atoms with Crippen LogP contribution in [0.4, 0.5) is 5.69 Å². The highest BCUT2D eigenvalue weighted by Crippen LogP contribution is 2.23. The van der Waals surface area contributed by atoms with Crippen molar-refractivity contribution in [2.45, 2.75) is 25.7 Å². The van der Waals surface area contributed by atoms with Crippen molar-refractivity contribution in [3.05, 3.63) is 58.0 Å². The van der Waals surface area contributed by atoms with Gasteiger partial charge >= 0.3 is 0 Å². The number of nitrogens with zero attached hydrogens (tertiary/aromatic N) is 1. The fourth-order valence-corrected chi connectivity index (χ4v) is 2.58. The van der Waals surface area contributed by atoms with Gasteiger partial charge in [-0.25, -0.2) is 0 Å². The SMILES string of the molecule is Nc1ccn(-c2ccc3c(c2)CCCC3)c(=O)c1. The first kappa shape index (κ1) is 11.1. The molecule has 0 saturated carbocycles. The van der Waals surface area contributed by atoms with Crippen LogP contribution in [0.5, 0.6) is 0 Å². The smallest absolute Gasteiger partial charge is 0.257 e. The molecule has 0 atom stereocenters. The van der Waals surface area contributed by atoms with E-state index in [4.69, 9.17) is 5.73 Å². The van der Waals surface area contributed by atoms with E-state index in [-0.39, 0.29) is 5.56 Å². The van der Waals surface area contributed by atoms with Crippen LogP contribution in [0.25, 0.3) is 5.69 Å². The molecule has 0 unspecified atom stereocenters. The van der Waals surface area contributed by atoms with Crippen LogP contribution < -0.4 is 11.3 Å². The van der Waals surface area contributed by atoms with Gasteiger partial charge in [0, 0.05) is 23.6 Å². The van der Waals surface area contributed by atoms with E-state index < -0.39 is 0 Å². The molecule has 3 heteroatoms. The highest BCUT2D eigenvalue weighted by atomic mass is 16.1. The molecular formula is C15H16N2O. The zero-order chi connectivity index (χ0) is 12.5. The molecule has 1 heterocycles. The maximum absolute atomic E-state index is 11.9. The fraction of sp³-hybridized carbons (Fsp3) is 0.267. The molecule has 18 heavy (non-hydrogen) atoms. The minimum atomic E-state index is -0.0780. The van der Waals surface area contributed by atoms with Gasteiger partial charge < -0.3 is 5.73 Å². The highest BCUT2D eigenvalue weighted by Gasteiger charge is 2.10. The van der Waals surface area contributed by atoms with Gasteiger partial charge in [-0.3, -0.25) is 9.36 Å². The molecule has 1 aromatic heterocycles. The van der Waals surface area contributed by atoms with Crippen LogP contribution >= 0.6 is 0 Å². The third kappa shape index (κ3) is 1.92. The van der Waals surface area contributed by atoms with Gasteiger partial charge in [-0.2, -0.15) is 0 Å². The molecular weight excluding hydrogens is 224 g/mol. The first-order valence-electron chi connectivity index (χ1n) is 6.34. The molecule has 1 aromatic carbocycles. The minimum Gasteiger partial charge on any atom is -0.399 e. The van der Waals surface area contributed by atoms with Crippen molar-refractivity contribution in [2.75, 3.05) is 5.73 Å². The Hall–Kier alpha value is -2.03. The van der Waals surface area contributed by atoms with Crippen LogP contribution in [0.2, 0.25) is 0 Å². The van der Waals surface area contributed by atoms with Crippen molar-refractivity contribution in [3.8, 4) is 5.69 Å². The van der Waals surface area contributed by atoms with E-state index in [1.807, 2.05) is 6.07 Å². The van der Waals surface area contributed by atoms with Gasteiger partial charge in [-0.1, -0.05) is 6.07 Å². The number of aromatic nitrogens is 1. The lowest BCUT2D eigenvalue weighted by Gasteiger charge is -2.17. The molecule has 2 N–H and O–H groups in total. The highest BCUT2D eigenvalue weighted by molar-refractivity contribution is 5.44. The van der Waals surface area contributed by atoms with Crippen molar-refractivity contribution >= 4 is 5.69 Å². The lowest BCUT2D eigenvalue weighted by molar-refractivity contribution is 0.684. The van der Waals surface area contributed by atoms with Gasteiger partial charge in [0.25, 0.3) is 5.56 Å². The normalized spacial score (nSPS) is 14.2. The molecule has 3 nitrogen and oxygen atoms in total. The number of rotatable bonds is 1. The standard InChI is InChI=1S/C15H16N2O/c16-13-7-8-17(15(18)10-13)14-6-5-11-3-1-2-4-12(11)9-14/h5-10H,1-4,16H2. The van der Waals surface area contributed by atoms with Crippen LogP contribution in [0.3, 0.4) is 0 Å². The molecule has 1 aliphatic rings. The van der Waals surface area contributed by atoms with Gasteiger partial charge in [0.15, 0.2) is 0 Å². The summed E-state index contributed by atoms with van der Waals surface area (Å²) in [6.07, 6.45) is 6.53. The average molecular weight is 240 g/mol. The molecule has 0 bridgehead atoms. The Morgan fingerprint density at radius 1 is 1.00 bits per heavy atom. The van der Waals surface area contributed by atoms with Gasteiger partial charge in [0.05, 0.1) is 0 Å². The van der Waals surface area contributed by atoms with Gasteiger partial charge in [0.1, 0.15) is 0 Å². The van der Waals surface area contributed by atoms with Crippen molar-refractivity contribution < 1.29 is 0 Å². The Morgan fingerprint density at radius 3 is 2.56 bits per heavy atom. The molecule has 2 aromatic rings. The number of anilines is 1. The van der Waals surface area contributed by atoms with Crippen LogP contribution in [-0.4, -0.2) is 4.57 Å². The summed E-state index contributed by atoms with van der Waals surface area (Å²) in [6.45, 7) is 0. The number of benzene rings is 1. The van der Waals surface area contributed by atoms with Gasteiger partial charge in [-0.15, -0.1) is 0 Å². The maximum atomic E-state index is 11.9. The van der Waals surface area contributed by atoms with Crippen LogP contribution in [0, 0.1) is 0 Å². The topological polar surface area (TPSA) is 48.0 Å². The average Bonchev–Trinajstić information content (AvgIpc) is 2.38. The Morgan fingerprint density at radius 2 is 1.78 bits per heavy atom. The second-order valence-electron chi connectivity index (χ2n) is 4.83. The third-order valence-corrected chi connectivity index (χ3v) is 3.55.